The first-order valence-electron chi connectivity index (χ1n) is 8.46. The Labute approximate surface area is 137 Å². The number of nitrogens with one attached hydrogen (secondary N) is 1. The molecule has 1 aliphatic rings. The van der Waals surface area contributed by atoms with Crippen LogP contribution in [0.5, 0.6) is 0 Å². The number of likely N-dealkylation sites (tertiary alicyclic amines) is 1. The number of piperidine rings is 1. The van der Waals surface area contributed by atoms with Gasteiger partial charge in [0.25, 0.3) is 0 Å². The number of hydrogen-bond donors (Lipinski definition) is 1. The number of aromatic amines is 1. The Bertz CT molecular complexity index is 708. The highest BCUT2D eigenvalue weighted by Gasteiger charge is 2.34. The lowest BCUT2D eigenvalue weighted by atomic mass is 9.91. The van der Waals surface area contributed by atoms with Crippen molar-refractivity contribution in [3.8, 4) is 0 Å². The number of pyridine rings is 1. The first-order valence-corrected chi connectivity index (χ1v) is 8.46. The highest BCUT2D eigenvalue weighted by atomic mass is 16.2. The lowest BCUT2D eigenvalue weighted by Gasteiger charge is -2.42. The maximum atomic E-state index is 12.9. The Kier molecular flexibility index (Phi) is 4.39. The molecule has 1 aliphatic heterocycles. The molecule has 124 valence electrons. The lowest BCUT2D eigenvalue weighted by molar-refractivity contribution is -0.119. The number of fused-ring (bicyclic) bond motifs is 1. The SMILES string of the molecule is CCC(=O)N(c1c(C)cnc2[nH]ccc12)C1CN(C)CCC1C. The minimum atomic E-state index is 0.189. The summed E-state index contributed by atoms with van der Waals surface area (Å²) in [5, 5.41) is 1.03. The standard InChI is InChI=1S/C18H26N4O/c1-5-16(23)22(15-11-21(4)9-7-12(15)2)17-13(3)10-20-18-14(17)6-8-19-18/h6,8,10,12,15H,5,7,9,11H2,1-4H3,(H,19,20). The van der Waals surface area contributed by atoms with Gasteiger partial charge in [-0.2, -0.15) is 0 Å². The zero-order chi connectivity index (χ0) is 16.6. The maximum Gasteiger partial charge on any atom is 0.227 e. The molecule has 1 saturated heterocycles. The molecule has 0 radical (unpaired) electrons. The van der Waals surface area contributed by atoms with Crippen LogP contribution < -0.4 is 4.90 Å². The van der Waals surface area contributed by atoms with Gasteiger partial charge in [0.1, 0.15) is 5.65 Å². The van der Waals surface area contributed by atoms with Crippen molar-refractivity contribution >= 4 is 22.6 Å². The molecule has 3 rings (SSSR count). The largest absolute Gasteiger partial charge is 0.346 e. The summed E-state index contributed by atoms with van der Waals surface area (Å²) in [5.41, 5.74) is 2.92. The lowest BCUT2D eigenvalue weighted by Crippen LogP contribution is -2.53. The van der Waals surface area contributed by atoms with Gasteiger partial charge in [-0.3, -0.25) is 4.79 Å². The van der Waals surface area contributed by atoms with Gasteiger partial charge in [0, 0.05) is 30.7 Å². The number of likely N-dealkylation sites (N-methyl/N-ethyl adjacent to an activating group) is 1. The van der Waals surface area contributed by atoms with Crippen LogP contribution in [0.15, 0.2) is 18.5 Å². The molecule has 2 unspecified atom stereocenters. The van der Waals surface area contributed by atoms with Gasteiger partial charge in [0.2, 0.25) is 5.91 Å². The Hall–Kier alpha value is -1.88. The van der Waals surface area contributed by atoms with Gasteiger partial charge >= 0.3 is 0 Å². The number of aryl methyl sites for hydroxylation is 1. The summed E-state index contributed by atoms with van der Waals surface area (Å²) in [4.78, 5) is 24.8. The fourth-order valence-corrected chi connectivity index (χ4v) is 3.60. The number of nitrogens with zero attached hydrogens (tertiary/aromatic N) is 3. The van der Waals surface area contributed by atoms with E-state index in [1.165, 1.54) is 0 Å². The van der Waals surface area contributed by atoms with E-state index in [1.807, 2.05) is 37.2 Å². The topological polar surface area (TPSA) is 52.2 Å². The first kappa shape index (κ1) is 16.0. The van der Waals surface area contributed by atoms with Crippen LogP contribution in [-0.4, -0.2) is 47.0 Å². The zero-order valence-electron chi connectivity index (χ0n) is 14.5. The van der Waals surface area contributed by atoms with E-state index in [0.717, 1.165) is 41.8 Å². The number of carbonyl (C=O) groups is 1. The van der Waals surface area contributed by atoms with Gasteiger partial charge in [0.15, 0.2) is 0 Å². The van der Waals surface area contributed by atoms with Crippen molar-refractivity contribution in [3.05, 3.63) is 24.0 Å². The summed E-state index contributed by atoms with van der Waals surface area (Å²) in [6.45, 7) is 8.26. The van der Waals surface area contributed by atoms with E-state index in [0.29, 0.717) is 12.3 Å². The second-order valence-electron chi connectivity index (χ2n) is 6.74. The summed E-state index contributed by atoms with van der Waals surface area (Å²) in [5.74, 6) is 0.678. The number of anilines is 1. The van der Waals surface area contributed by atoms with Crippen LogP contribution in [0, 0.1) is 12.8 Å². The number of rotatable bonds is 3. The van der Waals surface area contributed by atoms with Gasteiger partial charge in [-0.25, -0.2) is 4.98 Å². The van der Waals surface area contributed by atoms with Gasteiger partial charge in [0.05, 0.1) is 11.7 Å². The van der Waals surface area contributed by atoms with Gasteiger partial charge in [-0.1, -0.05) is 13.8 Å². The predicted molar refractivity (Wildman–Crippen MR) is 93.7 cm³/mol. The van der Waals surface area contributed by atoms with Crippen LogP contribution in [0.2, 0.25) is 0 Å². The molecule has 2 atom stereocenters. The third kappa shape index (κ3) is 2.85. The Morgan fingerprint density at radius 1 is 1.52 bits per heavy atom. The van der Waals surface area contributed by atoms with Crippen molar-refractivity contribution in [2.45, 2.75) is 39.7 Å². The molecule has 1 fully saturated rings. The molecule has 0 spiro atoms. The van der Waals surface area contributed by atoms with Crippen molar-refractivity contribution < 1.29 is 4.79 Å². The van der Waals surface area contributed by atoms with Crippen molar-refractivity contribution in [3.63, 3.8) is 0 Å². The molecule has 1 amide bonds. The summed E-state index contributed by atoms with van der Waals surface area (Å²) in [7, 11) is 2.14. The molecule has 0 aromatic carbocycles. The second kappa shape index (κ2) is 6.32. The highest BCUT2D eigenvalue weighted by Crippen LogP contribution is 2.34. The number of carbonyl (C=O) groups excluding carboxylic acids is 1. The Morgan fingerprint density at radius 3 is 3.04 bits per heavy atom. The molecule has 1 N–H and O–H groups in total. The Balaban J connectivity index is 2.13. The number of H-pyrrole nitrogens is 1. The number of aromatic nitrogens is 2. The minimum absolute atomic E-state index is 0.189. The van der Waals surface area contributed by atoms with Crippen molar-refractivity contribution in [2.24, 2.45) is 5.92 Å². The average molecular weight is 314 g/mol. The molecular formula is C18H26N4O. The van der Waals surface area contributed by atoms with E-state index in [2.05, 4.69) is 28.8 Å². The maximum absolute atomic E-state index is 12.9. The molecule has 2 aromatic rings. The quantitative estimate of drug-likeness (QED) is 0.947. The summed E-state index contributed by atoms with van der Waals surface area (Å²) in [6.07, 6.45) is 5.39. The fraction of sp³-hybridized carbons (Fsp3) is 0.556. The van der Waals surface area contributed by atoms with E-state index in [4.69, 9.17) is 0 Å². The van der Waals surface area contributed by atoms with Crippen LogP contribution in [-0.2, 0) is 4.79 Å². The van der Waals surface area contributed by atoms with E-state index >= 15 is 0 Å². The third-order valence-electron chi connectivity index (χ3n) is 5.01. The smallest absolute Gasteiger partial charge is 0.227 e. The summed E-state index contributed by atoms with van der Waals surface area (Å²) >= 11 is 0. The molecule has 0 saturated carbocycles. The fourth-order valence-electron chi connectivity index (χ4n) is 3.60. The predicted octanol–water partition coefficient (Wildman–Crippen LogP) is 2.95. The molecule has 2 aromatic heterocycles. The van der Waals surface area contributed by atoms with Crippen molar-refractivity contribution in [1.82, 2.24) is 14.9 Å². The first-order chi connectivity index (χ1) is 11.0. The van der Waals surface area contributed by atoms with Crippen molar-refractivity contribution in [1.29, 1.82) is 0 Å². The normalized spacial score (nSPS) is 22.4. The second-order valence-corrected chi connectivity index (χ2v) is 6.74. The molecule has 5 heteroatoms. The molecule has 23 heavy (non-hydrogen) atoms. The summed E-state index contributed by atoms with van der Waals surface area (Å²) in [6, 6.07) is 2.23. The zero-order valence-corrected chi connectivity index (χ0v) is 14.5. The highest BCUT2D eigenvalue weighted by molar-refractivity contribution is 6.03. The molecule has 5 nitrogen and oxygen atoms in total. The van der Waals surface area contributed by atoms with E-state index < -0.39 is 0 Å². The third-order valence-corrected chi connectivity index (χ3v) is 5.01. The molecular weight excluding hydrogens is 288 g/mol. The van der Waals surface area contributed by atoms with Crippen LogP contribution in [0.3, 0.4) is 0 Å². The van der Waals surface area contributed by atoms with Gasteiger partial charge in [-0.15, -0.1) is 0 Å². The molecule has 0 bridgehead atoms. The van der Waals surface area contributed by atoms with Crippen LogP contribution >= 0.6 is 0 Å². The van der Waals surface area contributed by atoms with Crippen LogP contribution in [0.25, 0.3) is 11.0 Å². The van der Waals surface area contributed by atoms with Crippen molar-refractivity contribution in [2.75, 3.05) is 25.0 Å². The minimum Gasteiger partial charge on any atom is -0.346 e. The van der Waals surface area contributed by atoms with Gasteiger partial charge in [-0.05, 0) is 44.5 Å². The number of hydrogen-bond acceptors (Lipinski definition) is 3. The molecule has 3 heterocycles. The Morgan fingerprint density at radius 2 is 2.30 bits per heavy atom. The van der Waals surface area contributed by atoms with Crippen LogP contribution in [0.1, 0.15) is 32.3 Å². The van der Waals surface area contributed by atoms with Gasteiger partial charge < -0.3 is 14.8 Å². The monoisotopic (exact) mass is 314 g/mol. The average Bonchev–Trinajstić information content (AvgIpc) is 3.01. The van der Waals surface area contributed by atoms with Crippen LogP contribution in [0.4, 0.5) is 5.69 Å². The molecule has 0 aliphatic carbocycles. The van der Waals surface area contributed by atoms with E-state index in [-0.39, 0.29) is 11.9 Å². The van der Waals surface area contributed by atoms with E-state index in [9.17, 15) is 4.79 Å². The van der Waals surface area contributed by atoms with E-state index in [1.54, 1.807) is 0 Å². The summed E-state index contributed by atoms with van der Waals surface area (Å²) < 4.78 is 0. The number of amides is 1.